The number of rotatable bonds is 5. The van der Waals surface area contributed by atoms with Crippen molar-refractivity contribution >= 4 is 23.6 Å². The lowest BCUT2D eigenvalue weighted by Crippen LogP contribution is -2.34. The first-order valence-corrected chi connectivity index (χ1v) is 4.99. The van der Waals surface area contributed by atoms with E-state index in [1.807, 2.05) is 0 Å². The fraction of sp³-hybridized carbons (Fsp3) is 0.182. The molecule has 0 fully saturated rings. The van der Waals surface area contributed by atoms with E-state index in [0.29, 0.717) is 0 Å². The molecule has 1 unspecified atom stereocenters. The molecule has 0 heterocycles. The van der Waals surface area contributed by atoms with Crippen LogP contribution < -0.4 is 5.73 Å². The van der Waals surface area contributed by atoms with Crippen LogP contribution >= 0.6 is 0 Å². The Bertz CT molecular complexity index is 530. The second kappa shape index (κ2) is 5.34. The fourth-order valence-electron chi connectivity index (χ4n) is 1.64. The number of carbonyl (C=O) groups is 3. The molecule has 0 radical (unpaired) electrons. The average Bonchev–Trinajstić information content (AvgIpc) is 2.25. The molecule has 1 aromatic carbocycles. The van der Waals surface area contributed by atoms with E-state index >= 15 is 0 Å². The van der Waals surface area contributed by atoms with E-state index in [9.17, 15) is 18.8 Å². The number of nitrogens with two attached hydrogens (primary N) is 1. The Morgan fingerprint density at radius 1 is 1.05 bits per heavy atom. The normalized spacial score (nSPS) is 12.1. The third kappa shape index (κ3) is 2.97. The van der Waals surface area contributed by atoms with E-state index in [1.54, 1.807) is 0 Å². The van der Waals surface area contributed by atoms with Crippen LogP contribution in [0.3, 0.4) is 0 Å². The summed E-state index contributed by atoms with van der Waals surface area (Å²) in [4.78, 5) is 32.8. The smallest absolute Gasteiger partial charge is 0.319 e. The van der Waals surface area contributed by atoms with Crippen molar-refractivity contribution in [2.24, 2.45) is 5.92 Å². The molecule has 0 spiro atoms. The molecule has 102 valence electrons. The van der Waals surface area contributed by atoms with Crippen molar-refractivity contribution < 1.29 is 34.1 Å². The molecule has 19 heavy (non-hydrogen) atoms. The molecule has 1 atom stereocenters. The highest BCUT2D eigenvalue weighted by Crippen LogP contribution is 2.29. The van der Waals surface area contributed by atoms with Gasteiger partial charge in [-0.1, -0.05) is 6.07 Å². The monoisotopic (exact) mass is 271 g/mol. The van der Waals surface area contributed by atoms with Gasteiger partial charge in [-0.15, -0.1) is 0 Å². The van der Waals surface area contributed by atoms with Gasteiger partial charge in [-0.3, -0.25) is 14.4 Å². The van der Waals surface area contributed by atoms with Gasteiger partial charge in [0, 0.05) is 11.3 Å². The van der Waals surface area contributed by atoms with Crippen LogP contribution in [-0.4, -0.2) is 33.2 Å². The Balaban J connectivity index is 3.38. The summed E-state index contributed by atoms with van der Waals surface area (Å²) in [6, 6.07) is 2.92. The van der Waals surface area contributed by atoms with Crippen molar-refractivity contribution in [3.63, 3.8) is 0 Å². The summed E-state index contributed by atoms with van der Waals surface area (Å²) in [6.07, 6.45) is 0. The maximum atomic E-state index is 13.6. The molecule has 0 aliphatic rings. The Morgan fingerprint density at radius 2 is 1.58 bits per heavy atom. The van der Waals surface area contributed by atoms with Gasteiger partial charge < -0.3 is 21.1 Å². The maximum absolute atomic E-state index is 13.6. The average molecular weight is 271 g/mol. The minimum atomic E-state index is -2.30. The quantitative estimate of drug-likeness (QED) is 0.448. The van der Waals surface area contributed by atoms with Crippen LogP contribution in [0.4, 0.5) is 10.1 Å². The molecule has 0 saturated carbocycles. The zero-order valence-corrected chi connectivity index (χ0v) is 9.41. The highest BCUT2D eigenvalue weighted by atomic mass is 19.1. The summed E-state index contributed by atoms with van der Waals surface area (Å²) < 4.78 is 13.6. The Kier molecular flexibility index (Phi) is 4.05. The zero-order chi connectivity index (χ0) is 14.7. The number of anilines is 1. The first-order valence-electron chi connectivity index (χ1n) is 4.99. The van der Waals surface area contributed by atoms with Crippen LogP contribution in [0, 0.1) is 11.7 Å². The molecule has 0 amide bonds. The summed E-state index contributed by atoms with van der Waals surface area (Å²) in [5.74, 6) is -10.9. The molecular formula is C11H10FNO6. The summed E-state index contributed by atoms with van der Waals surface area (Å²) in [7, 11) is 0. The van der Waals surface area contributed by atoms with Crippen LogP contribution in [-0.2, 0) is 14.4 Å². The number of carboxylic acid groups (broad SMARTS) is 3. The molecule has 5 N–H and O–H groups in total. The van der Waals surface area contributed by atoms with Gasteiger partial charge in [0.25, 0.3) is 0 Å². The van der Waals surface area contributed by atoms with Crippen molar-refractivity contribution in [1.82, 2.24) is 0 Å². The van der Waals surface area contributed by atoms with Crippen molar-refractivity contribution in [2.75, 3.05) is 5.73 Å². The minimum absolute atomic E-state index is 0.00703. The predicted octanol–water partition coefficient (Wildman–Crippen LogP) is 0.361. The molecule has 0 aliphatic carbocycles. The lowest BCUT2D eigenvalue weighted by molar-refractivity contribution is -0.161. The van der Waals surface area contributed by atoms with Crippen LogP contribution in [0.5, 0.6) is 0 Å². The van der Waals surface area contributed by atoms with Gasteiger partial charge in [0.15, 0.2) is 5.92 Å². The second-order valence-corrected chi connectivity index (χ2v) is 3.75. The van der Waals surface area contributed by atoms with E-state index < -0.39 is 41.1 Å². The molecule has 0 bridgehead atoms. The van der Waals surface area contributed by atoms with Gasteiger partial charge >= 0.3 is 17.9 Å². The summed E-state index contributed by atoms with van der Waals surface area (Å²) in [6.45, 7) is 0. The van der Waals surface area contributed by atoms with Crippen LogP contribution in [0.2, 0.25) is 0 Å². The molecule has 0 aromatic heterocycles. The summed E-state index contributed by atoms with van der Waals surface area (Å²) in [5, 5.41) is 26.5. The van der Waals surface area contributed by atoms with Crippen molar-refractivity contribution in [3.05, 3.63) is 29.6 Å². The highest BCUT2D eigenvalue weighted by molar-refractivity contribution is 5.99. The SMILES string of the molecule is Nc1ccc(C(C(=O)O)C(C(=O)O)C(=O)O)c(F)c1. The first kappa shape index (κ1) is 14.4. The van der Waals surface area contributed by atoms with Crippen LogP contribution in [0.25, 0.3) is 0 Å². The van der Waals surface area contributed by atoms with Crippen LogP contribution in [0.15, 0.2) is 18.2 Å². The van der Waals surface area contributed by atoms with Gasteiger partial charge in [0.2, 0.25) is 0 Å². The van der Waals surface area contributed by atoms with Crippen molar-refractivity contribution in [1.29, 1.82) is 0 Å². The molecule has 8 heteroatoms. The van der Waals surface area contributed by atoms with Gasteiger partial charge in [0.1, 0.15) is 11.7 Å². The van der Waals surface area contributed by atoms with E-state index in [0.717, 1.165) is 18.2 Å². The zero-order valence-electron chi connectivity index (χ0n) is 9.41. The topological polar surface area (TPSA) is 138 Å². The van der Waals surface area contributed by atoms with Gasteiger partial charge in [-0.25, -0.2) is 4.39 Å². The number of nitrogen functional groups attached to an aromatic ring is 1. The molecule has 0 saturated heterocycles. The molecule has 7 nitrogen and oxygen atoms in total. The predicted molar refractivity (Wildman–Crippen MR) is 60.0 cm³/mol. The summed E-state index contributed by atoms with van der Waals surface area (Å²) >= 11 is 0. The number of carboxylic acids is 3. The van der Waals surface area contributed by atoms with Gasteiger partial charge in [0.05, 0.1) is 0 Å². The maximum Gasteiger partial charge on any atom is 0.319 e. The standard InChI is InChI=1S/C11H10FNO6/c12-6-3-4(13)1-2-5(6)7(9(14)15)8(10(16)17)11(18)19/h1-3,7-8H,13H2,(H,14,15)(H,16,17)(H,18,19). The van der Waals surface area contributed by atoms with E-state index in [4.69, 9.17) is 21.1 Å². The molecule has 0 aliphatic heterocycles. The highest BCUT2D eigenvalue weighted by Gasteiger charge is 2.42. The third-order valence-electron chi connectivity index (χ3n) is 2.49. The van der Waals surface area contributed by atoms with Gasteiger partial charge in [-0.05, 0) is 12.1 Å². The fourth-order valence-corrected chi connectivity index (χ4v) is 1.64. The van der Waals surface area contributed by atoms with Gasteiger partial charge in [-0.2, -0.15) is 0 Å². The summed E-state index contributed by atoms with van der Waals surface area (Å²) in [5.41, 5.74) is 4.74. The number of aliphatic carboxylic acids is 3. The second-order valence-electron chi connectivity index (χ2n) is 3.75. The Labute approximate surface area is 106 Å². The number of halogens is 1. The van der Waals surface area contributed by atoms with E-state index in [-0.39, 0.29) is 5.69 Å². The Hall–Kier alpha value is -2.64. The van der Waals surface area contributed by atoms with Crippen molar-refractivity contribution in [2.45, 2.75) is 5.92 Å². The molecular weight excluding hydrogens is 261 g/mol. The van der Waals surface area contributed by atoms with E-state index in [2.05, 4.69) is 0 Å². The lowest BCUT2D eigenvalue weighted by atomic mass is 9.85. The molecule has 1 aromatic rings. The van der Waals surface area contributed by atoms with E-state index in [1.165, 1.54) is 0 Å². The first-order chi connectivity index (χ1) is 8.75. The number of benzene rings is 1. The minimum Gasteiger partial charge on any atom is -0.481 e. The molecule has 1 rings (SSSR count). The van der Waals surface area contributed by atoms with Crippen molar-refractivity contribution in [3.8, 4) is 0 Å². The largest absolute Gasteiger partial charge is 0.481 e. The Morgan fingerprint density at radius 3 is 1.95 bits per heavy atom. The third-order valence-corrected chi connectivity index (χ3v) is 2.49. The lowest BCUT2D eigenvalue weighted by Gasteiger charge is -2.18. The number of hydrogen-bond acceptors (Lipinski definition) is 4. The van der Waals surface area contributed by atoms with Crippen LogP contribution in [0.1, 0.15) is 11.5 Å². The number of hydrogen-bond donors (Lipinski definition) is 4.